The number of nitrogens with one attached hydrogen (secondary N) is 2. The number of carbonyl (C=O) groups is 2. The van der Waals surface area contributed by atoms with Crippen LogP contribution in [0.3, 0.4) is 0 Å². The summed E-state index contributed by atoms with van der Waals surface area (Å²) < 4.78 is 45.1. The Morgan fingerprint density at radius 2 is 1.67 bits per heavy atom. The summed E-state index contributed by atoms with van der Waals surface area (Å²) in [5.74, 6) is -5.64. The summed E-state index contributed by atoms with van der Waals surface area (Å²) in [6.45, 7) is 2.46. The van der Waals surface area contributed by atoms with Crippen molar-refractivity contribution >= 4 is 29.1 Å². The van der Waals surface area contributed by atoms with E-state index in [1.54, 1.807) is 24.3 Å². The molecule has 0 atom stereocenters. The van der Waals surface area contributed by atoms with Gasteiger partial charge >= 0.3 is 0 Å². The Bertz CT molecular complexity index is 858. The van der Waals surface area contributed by atoms with Crippen molar-refractivity contribution in [1.82, 2.24) is 5.32 Å². The fourth-order valence-corrected chi connectivity index (χ4v) is 2.16. The molecule has 27 heavy (non-hydrogen) atoms. The number of anilines is 1. The molecule has 0 aliphatic rings. The molecule has 0 saturated carbocycles. The van der Waals surface area contributed by atoms with Crippen LogP contribution in [0.25, 0.3) is 0 Å². The number of carbonyl (C=O) groups excluding carboxylic acids is 2. The van der Waals surface area contributed by atoms with Gasteiger partial charge in [0.1, 0.15) is 5.75 Å². The molecule has 2 amide bonds. The van der Waals surface area contributed by atoms with Crippen LogP contribution in [0.1, 0.15) is 13.8 Å². The first-order chi connectivity index (χ1) is 12.6. The zero-order chi connectivity index (χ0) is 20.2. The normalized spacial score (nSPS) is 11.0. The van der Waals surface area contributed by atoms with Crippen molar-refractivity contribution in [2.45, 2.75) is 19.4 Å². The number of amides is 2. The van der Waals surface area contributed by atoms with Gasteiger partial charge in [0, 0.05) is 5.02 Å². The number of ether oxygens (including phenoxy) is 1. The summed E-state index contributed by atoms with van der Waals surface area (Å²) in [5.41, 5.74) is -1.86. The van der Waals surface area contributed by atoms with Crippen LogP contribution >= 0.6 is 11.6 Å². The van der Waals surface area contributed by atoms with Crippen molar-refractivity contribution in [2.24, 2.45) is 0 Å². The molecule has 0 bridgehead atoms. The monoisotopic (exact) mass is 400 g/mol. The summed E-state index contributed by atoms with van der Waals surface area (Å²) in [6.07, 6.45) is 0. The fraction of sp³-hybridized carbons (Fsp3) is 0.222. The number of benzene rings is 2. The molecule has 0 aliphatic heterocycles. The topological polar surface area (TPSA) is 67.4 Å². The third-order valence-electron chi connectivity index (χ3n) is 3.45. The van der Waals surface area contributed by atoms with Gasteiger partial charge in [-0.05, 0) is 50.2 Å². The zero-order valence-corrected chi connectivity index (χ0v) is 15.2. The van der Waals surface area contributed by atoms with Gasteiger partial charge in [0.15, 0.2) is 23.1 Å². The molecular formula is C18H16ClF3N2O3. The number of rotatable bonds is 6. The molecule has 2 N–H and O–H groups in total. The van der Waals surface area contributed by atoms with Gasteiger partial charge in [-0.3, -0.25) is 9.59 Å². The molecule has 2 aromatic rings. The van der Waals surface area contributed by atoms with Gasteiger partial charge in [-0.25, -0.2) is 13.2 Å². The van der Waals surface area contributed by atoms with E-state index in [0.29, 0.717) is 16.8 Å². The van der Waals surface area contributed by atoms with E-state index in [9.17, 15) is 22.8 Å². The molecule has 0 unspecified atom stereocenters. The average Bonchev–Trinajstić information content (AvgIpc) is 2.62. The summed E-state index contributed by atoms with van der Waals surface area (Å²) in [6, 6.07) is 7.89. The average molecular weight is 401 g/mol. The predicted molar refractivity (Wildman–Crippen MR) is 94.1 cm³/mol. The minimum absolute atomic E-state index is 0.396. The molecule has 0 aliphatic carbocycles. The van der Waals surface area contributed by atoms with E-state index in [-0.39, 0.29) is 0 Å². The number of hydrogen-bond donors (Lipinski definition) is 2. The van der Waals surface area contributed by atoms with E-state index < -0.39 is 47.1 Å². The molecule has 0 radical (unpaired) electrons. The standard InChI is InChI=1S/C18H16ClF3N2O3/c1-18(2,27-11-5-3-10(19)4-6-11)17(26)23-9-14(25)24-13-8-7-12(20)15(21)16(13)22/h3-8H,9H2,1-2H3,(H,23,26)(H,24,25). The molecule has 9 heteroatoms. The van der Waals surface area contributed by atoms with Crippen molar-refractivity contribution in [1.29, 1.82) is 0 Å². The van der Waals surface area contributed by atoms with Gasteiger partial charge in [0.2, 0.25) is 5.91 Å². The Balaban J connectivity index is 1.92. The largest absolute Gasteiger partial charge is 0.478 e. The number of hydrogen-bond acceptors (Lipinski definition) is 3. The summed E-state index contributed by atoms with van der Waals surface area (Å²) >= 11 is 5.78. The lowest BCUT2D eigenvalue weighted by Gasteiger charge is -2.25. The molecule has 0 spiro atoms. The Morgan fingerprint density at radius 3 is 2.30 bits per heavy atom. The van der Waals surface area contributed by atoms with Crippen LogP contribution in [0.15, 0.2) is 36.4 Å². The van der Waals surface area contributed by atoms with Crippen molar-refractivity contribution in [3.05, 3.63) is 58.9 Å². The highest BCUT2D eigenvalue weighted by molar-refractivity contribution is 6.30. The van der Waals surface area contributed by atoms with Gasteiger partial charge in [0.25, 0.3) is 5.91 Å². The summed E-state index contributed by atoms with van der Waals surface area (Å²) in [4.78, 5) is 24.1. The van der Waals surface area contributed by atoms with E-state index in [4.69, 9.17) is 16.3 Å². The molecule has 0 aromatic heterocycles. The second kappa shape index (κ2) is 8.30. The molecule has 144 valence electrons. The molecule has 0 fully saturated rings. The third kappa shape index (κ3) is 5.37. The van der Waals surface area contributed by atoms with Crippen LogP contribution in [-0.2, 0) is 9.59 Å². The van der Waals surface area contributed by atoms with E-state index in [0.717, 1.165) is 6.07 Å². The first-order valence-electron chi connectivity index (χ1n) is 7.76. The van der Waals surface area contributed by atoms with Crippen molar-refractivity contribution in [3.63, 3.8) is 0 Å². The lowest BCUT2D eigenvalue weighted by atomic mass is 10.1. The van der Waals surface area contributed by atoms with Gasteiger partial charge in [-0.1, -0.05) is 11.6 Å². The van der Waals surface area contributed by atoms with Crippen LogP contribution in [-0.4, -0.2) is 24.0 Å². The van der Waals surface area contributed by atoms with Crippen LogP contribution < -0.4 is 15.4 Å². The SMILES string of the molecule is CC(C)(Oc1ccc(Cl)cc1)C(=O)NCC(=O)Nc1ccc(F)c(F)c1F. The predicted octanol–water partition coefficient (Wildman–Crippen LogP) is 3.67. The fourth-order valence-electron chi connectivity index (χ4n) is 2.03. The van der Waals surface area contributed by atoms with Gasteiger partial charge in [-0.2, -0.15) is 0 Å². The maximum Gasteiger partial charge on any atom is 0.264 e. The maximum absolute atomic E-state index is 13.5. The highest BCUT2D eigenvalue weighted by atomic mass is 35.5. The van der Waals surface area contributed by atoms with Crippen LogP contribution in [0, 0.1) is 17.5 Å². The minimum Gasteiger partial charge on any atom is -0.478 e. The summed E-state index contributed by atoms with van der Waals surface area (Å²) in [7, 11) is 0. The van der Waals surface area contributed by atoms with Gasteiger partial charge in [-0.15, -0.1) is 0 Å². The minimum atomic E-state index is -1.70. The number of halogens is 4. The van der Waals surface area contributed by atoms with Crippen molar-refractivity contribution in [3.8, 4) is 5.75 Å². The molecular weight excluding hydrogens is 385 g/mol. The van der Waals surface area contributed by atoms with E-state index in [1.165, 1.54) is 13.8 Å². The van der Waals surface area contributed by atoms with Gasteiger partial charge in [0.05, 0.1) is 12.2 Å². The van der Waals surface area contributed by atoms with Crippen molar-refractivity contribution < 1.29 is 27.5 Å². The van der Waals surface area contributed by atoms with Crippen molar-refractivity contribution in [2.75, 3.05) is 11.9 Å². The Morgan fingerprint density at radius 1 is 1.04 bits per heavy atom. The molecule has 0 heterocycles. The summed E-state index contributed by atoms with van der Waals surface area (Å²) in [5, 5.41) is 4.88. The lowest BCUT2D eigenvalue weighted by molar-refractivity contribution is -0.135. The second-order valence-corrected chi connectivity index (χ2v) is 6.46. The Hall–Kier alpha value is -2.74. The first-order valence-corrected chi connectivity index (χ1v) is 8.14. The molecule has 0 saturated heterocycles. The van der Waals surface area contributed by atoms with E-state index >= 15 is 0 Å². The van der Waals surface area contributed by atoms with Crippen LogP contribution in [0.4, 0.5) is 18.9 Å². The molecule has 2 rings (SSSR count). The smallest absolute Gasteiger partial charge is 0.264 e. The molecule has 5 nitrogen and oxygen atoms in total. The maximum atomic E-state index is 13.5. The van der Waals surface area contributed by atoms with Crippen LogP contribution in [0.2, 0.25) is 5.02 Å². The van der Waals surface area contributed by atoms with Gasteiger partial charge < -0.3 is 15.4 Å². The highest BCUT2D eigenvalue weighted by Gasteiger charge is 2.30. The van der Waals surface area contributed by atoms with Crippen LogP contribution in [0.5, 0.6) is 5.75 Å². The first kappa shape index (κ1) is 20.6. The molecule has 2 aromatic carbocycles. The Labute approximate surface area is 158 Å². The highest BCUT2D eigenvalue weighted by Crippen LogP contribution is 2.21. The second-order valence-electron chi connectivity index (χ2n) is 6.02. The quantitative estimate of drug-likeness (QED) is 0.727. The lowest BCUT2D eigenvalue weighted by Crippen LogP contribution is -2.48. The zero-order valence-electron chi connectivity index (χ0n) is 14.4. The third-order valence-corrected chi connectivity index (χ3v) is 3.70. The Kier molecular flexibility index (Phi) is 6.32. The van der Waals surface area contributed by atoms with E-state index in [2.05, 4.69) is 10.6 Å². The van der Waals surface area contributed by atoms with E-state index in [1.807, 2.05) is 0 Å².